The average Bonchev–Trinajstić information content (AvgIpc) is 2.42. The van der Waals surface area contributed by atoms with Crippen molar-refractivity contribution < 1.29 is 9.31 Å². The highest BCUT2D eigenvalue weighted by molar-refractivity contribution is 5.36. The number of halogens is 1. The van der Waals surface area contributed by atoms with Crippen LogP contribution in [0.4, 0.5) is 10.1 Å². The molecule has 0 aromatic heterocycles. The Labute approximate surface area is 133 Å². The maximum Gasteiger partial charge on any atom is 0.272 e. The molecule has 22 heavy (non-hydrogen) atoms. The Morgan fingerprint density at radius 3 is 2.32 bits per heavy atom. The summed E-state index contributed by atoms with van der Waals surface area (Å²) in [6.45, 7) is 8.49. The van der Waals surface area contributed by atoms with Crippen LogP contribution >= 0.6 is 0 Å². The van der Waals surface area contributed by atoms with Crippen molar-refractivity contribution in [2.45, 2.75) is 72.1 Å². The first kappa shape index (κ1) is 18.6. The van der Waals surface area contributed by atoms with Crippen LogP contribution in [0.25, 0.3) is 0 Å². The van der Waals surface area contributed by atoms with E-state index >= 15 is 0 Å². The summed E-state index contributed by atoms with van der Waals surface area (Å²) in [5.41, 5.74) is 0.354. The average molecular weight is 309 g/mol. The second-order valence-corrected chi connectivity index (χ2v) is 7.08. The van der Waals surface area contributed by atoms with Gasteiger partial charge in [-0.3, -0.25) is 10.1 Å². The van der Waals surface area contributed by atoms with Gasteiger partial charge in [-0.05, 0) is 29.4 Å². The molecule has 0 saturated carbocycles. The lowest BCUT2D eigenvalue weighted by Crippen LogP contribution is -2.19. The number of non-ortho nitro benzene ring substituents is 1. The Bertz CT molecular complexity index is 494. The highest BCUT2D eigenvalue weighted by Gasteiger charge is 2.28. The van der Waals surface area contributed by atoms with Crippen molar-refractivity contribution in [3.05, 3.63) is 39.7 Å². The third kappa shape index (κ3) is 5.39. The molecule has 0 spiro atoms. The van der Waals surface area contributed by atoms with Crippen molar-refractivity contribution in [2.24, 2.45) is 5.41 Å². The van der Waals surface area contributed by atoms with Crippen LogP contribution < -0.4 is 0 Å². The fraction of sp³-hybridized carbons (Fsp3) is 0.667. The van der Waals surface area contributed by atoms with Crippen molar-refractivity contribution in [3.63, 3.8) is 0 Å². The molecule has 0 aliphatic rings. The molecular formula is C18H28FNO2. The van der Waals surface area contributed by atoms with Gasteiger partial charge in [-0.1, -0.05) is 59.8 Å². The van der Waals surface area contributed by atoms with E-state index in [0.717, 1.165) is 25.3 Å². The van der Waals surface area contributed by atoms with E-state index in [9.17, 15) is 14.5 Å². The Hall–Kier alpha value is -1.45. The fourth-order valence-electron chi connectivity index (χ4n) is 2.92. The molecule has 0 amide bonds. The fourth-order valence-corrected chi connectivity index (χ4v) is 2.92. The van der Waals surface area contributed by atoms with Gasteiger partial charge in [0.25, 0.3) is 5.69 Å². The molecule has 0 heterocycles. The van der Waals surface area contributed by atoms with E-state index < -0.39 is 10.7 Å². The summed E-state index contributed by atoms with van der Waals surface area (Å²) in [6, 6.07) is 4.05. The molecule has 0 aliphatic carbocycles. The summed E-state index contributed by atoms with van der Waals surface area (Å²) in [5.74, 6) is -0.377. The highest BCUT2D eigenvalue weighted by Crippen LogP contribution is 2.40. The zero-order valence-electron chi connectivity index (χ0n) is 14.2. The van der Waals surface area contributed by atoms with Crippen molar-refractivity contribution in [3.8, 4) is 0 Å². The van der Waals surface area contributed by atoms with Crippen LogP contribution in [0.5, 0.6) is 0 Å². The number of hydrogen-bond acceptors (Lipinski definition) is 2. The van der Waals surface area contributed by atoms with Crippen LogP contribution in [0.15, 0.2) is 18.2 Å². The van der Waals surface area contributed by atoms with Crippen molar-refractivity contribution in [1.29, 1.82) is 0 Å². The molecule has 4 heteroatoms. The largest absolute Gasteiger partial charge is 0.272 e. The number of nitro benzene ring substituents is 1. The first-order chi connectivity index (χ1) is 10.3. The molecule has 1 unspecified atom stereocenters. The monoisotopic (exact) mass is 309 g/mol. The van der Waals surface area contributed by atoms with Gasteiger partial charge >= 0.3 is 0 Å². The molecule has 0 saturated heterocycles. The van der Waals surface area contributed by atoms with E-state index in [2.05, 4.69) is 27.7 Å². The van der Waals surface area contributed by atoms with Crippen LogP contribution in [-0.2, 0) is 0 Å². The summed E-state index contributed by atoms with van der Waals surface area (Å²) in [5, 5.41) is 10.7. The molecule has 1 aromatic rings. The molecule has 0 fully saturated rings. The topological polar surface area (TPSA) is 43.1 Å². The molecule has 0 N–H and O–H groups in total. The smallest absolute Gasteiger partial charge is 0.258 e. The van der Waals surface area contributed by atoms with Gasteiger partial charge in [-0.15, -0.1) is 0 Å². The van der Waals surface area contributed by atoms with E-state index in [1.807, 2.05) is 0 Å². The Morgan fingerprint density at radius 2 is 1.82 bits per heavy atom. The van der Waals surface area contributed by atoms with Crippen molar-refractivity contribution in [1.82, 2.24) is 0 Å². The highest BCUT2D eigenvalue weighted by atomic mass is 19.1. The van der Waals surface area contributed by atoms with Gasteiger partial charge in [-0.25, -0.2) is 4.39 Å². The van der Waals surface area contributed by atoms with Gasteiger partial charge in [0.1, 0.15) is 5.82 Å². The maximum absolute atomic E-state index is 14.3. The van der Waals surface area contributed by atoms with Crippen LogP contribution in [-0.4, -0.2) is 4.92 Å². The number of unbranched alkanes of at least 4 members (excludes halogenated alkanes) is 4. The Kier molecular flexibility index (Phi) is 6.98. The van der Waals surface area contributed by atoms with Crippen LogP contribution in [0.2, 0.25) is 0 Å². The molecule has 1 aromatic carbocycles. The summed E-state index contributed by atoms with van der Waals surface area (Å²) < 4.78 is 14.3. The Balaban J connectivity index is 2.86. The molecule has 1 rings (SSSR count). The quantitative estimate of drug-likeness (QED) is 0.325. The van der Waals surface area contributed by atoms with Crippen molar-refractivity contribution in [2.75, 3.05) is 0 Å². The van der Waals surface area contributed by atoms with E-state index in [0.29, 0.717) is 5.56 Å². The third-order valence-corrected chi connectivity index (χ3v) is 4.21. The summed E-state index contributed by atoms with van der Waals surface area (Å²) in [7, 11) is 0. The van der Waals surface area contributed by atoms with Crippen LogP contribution in [0.1, 0.15) is 77.7 Å². The van der Waals surface area contributed by atoms with Gasteiger partial charge in [0.2, 0.25) is 0 Å². The van der Waals surface area contributed by atoms with Gasteiger partial charge < -0.3 is 0 Å². The predicted octanol–water partition coefficient (Wildman–Crippen LogP) is 6.22. The van der Waals surface area contributed by atoms with Gasteiger partial charge in [0.15, 0.2) is 0 Å². The Morgan fingerprint density at radius 1 is 1.18 bits per heavy atom. The lowest BCUT2D eigenvalue weighted by Gasteiger charge is -2.31. The molecule has 0 aliphatic heterocycles. The zero-order valence-corrected chi connectivity index (χ0v) is 14.2. The van der Waals surface area contributed by atoms with E-state index in [4.69, 9.17) is 0 Å². The zero-order chi connectivity index (χ0) is 16.8. The maximum atomic E-state index is 14.3. The number of rotatable bonds is 8. The number of nitro groups is 1. The normalized spacial score (nSPS) is 13.1. The third-order valence-electron chi connectivity index (χ3n) is 4.21. The number of nitrogens with zero attached hydrogens (tertiary/aromatic N) is 1. The molecule has 0 radical (unpaired) electrons. The lowest BCUT2D eigenvalue weighted by atomic mass is 9.73. The minimum atomic E-state index is -0.552. The molecule has 0 bridgehead atoms. The molecular weight excluding hydrogens is 281 g/mol. The molecule has 1 atom stereocenters. The molecule has 3 nitrogen and oxygen atoms in total. The van der Waals surface area contributed by atoms with Gasteiger partial charge in [0, 0.05) is 6.07 Å². The standard InChI is InChI=1S/C18H28FNO2/c1-5-6-7-8-9-10-16(18(2,3)4)15-12-11-14(20(21)22)13-17(15)19/h11-13,16H,5-10H2,1-4H3. The van der Waals surface area contributed by atoms with Crippen LogP contribution in [0, 0.1) is 21.3 Å². The minimum absolute atomic E-state index is 0.0677. The van der Waals surface area contributed by atoms with Gasteiger partial charge in [-0.2, -0.15) is 0 Å². The minimum Gasteiger partial charge on any atom is -0.258 e. The molecule has 124 valence electrons. The second kappa shape index (κ2) is 8.25. The van der Waals surface area contributed by atoms with E-state index in [1.54, 1.807) is 6.07 Å². The summed E-state index contributed by atoms with van der Waals surface area (Å²) in [4.78, 5) is 10.2. The van der Waals surface area contributed by atoms with E-state index in [1.165, 1.54) is 25.3 Å². The second-order valence-electron chi connectivity index (χ2n) is 7.08. The van der Waals surface area contributed by atoms with Crippen molar-refractivity contribution >= 4 is 5.69 Å². The SMILES string of the molecule is CCCCCCCC(c1ccc([N+](=O)[O-])cc1F)C(C)(C)C. The first-order valence-electron chi connectivity index (χ1n) is 8.21. The summed E-state index contributed by atoms with van der Waals surface area (Å²) in [6.07, 6.45) is 6.82. The lowest BCUT2D eigenvalue weighted by molar-refractivity contribution is -0.385. The predicted molar refractivity (Wildman–Crippen MR) is 88.6 cm³/mol. The van der Waals surface area contributed by atoms with Gasteiger partial charge in [0.05, 0.1) is 11.0 Å². The number of hydrogen-bond donors (Lipinski definition) is 0. The van der Waals surface area contributed by atoms with E-state index in [-0.39, 0.29) is 17.0 Å². The van der Waals surface area contributed by atoms with Crippen LogP contribution in [0.3, 0.4) is 0 Å². The number of benzene rings is 1. The first-order valence-corrected chi connectivity index (χ1v) is 8.21. The summed E-state index contributed by atoms with van der Waals surface area (Å²) >= 11 is 0.